The van der Waals surface area contributed by atoms with Crippen molar-refractivity contribution in [3.8, 4) is 0 Å². The van der Waals surface area contributed by atoms with Crippen molar-refractivity contribution in [2.24, 2.45) is 17.8 Å². The molecule has 0 nitrogen and oxygen atoms in total. The fourth-order valence-corrected chi connectivity index (χ4v) is 8.17. The molecule has 0 unspecified atom stereocenters. The monoisotopic (exact) mass is 754 g/mol. The summed E-state index contributed by atoms with van der Waals surface area (Å²) in [6.45, 7) is 14.3. The van der Waals surface area contributed by atoms with Gasteiger partial charge in [0.15, 0.2) is 0 Å². The molecule has 18 heavy (non-hydrogen) atoms. The van der Waals surface area contributed by atoms with Crippen molar-refractivity contribution in [3.05, 3.63) is 0 Å². The summed E-state index contributed by atoms with van der Waals surface area (Å²) in [5.74, 6) is 2.81. The fourth-order valence-electron chi connectivity index (χ4n) is 1.98. The Morgan fingerprint density at radius 1 is 0.556 bits per heavy atom. The van der Waals surface area contributed by atoms with E-state index in [1.54, 1.807) is 14.2 Å². The van der Waals surface area contributed by atoms with Crippen LogP contribution in [0.5, 0.6) is 0 Å². The molecule has 0 bridgehead atoms. The fraction of sp³-hybridized carbons (Fsp3) is 1.00. The standard InChI is InChI=1S/3C4H9.Al.4HI.Ti/c3*1-4(2)3;;;;;;/h3*4H,1H2,2-3H3;;4*1H;/q;;;;;;;;+4/p-4. The van der Waals surface area contributed by atoms with Gasteiger partial charge in [-0.05, 0) is 0 Å². The quantitative estimate of drug-likeness (QED) is 0.187. The molecule has 0 aromatic carbocycles. The molecule has 0 saturated carbocycles. The third-order valence-corrected chi connectivity index (χ3v) is 8.62. The molecule has 3 radical (unpaired) electrons. The predicted octanol–water partition coefficient (Wildman–Crippen LogP) is -7.54. The number of rotatable bonds is 6. The first-order chi connectivity index (χ1) is 5.91. The van der Waals surface area contributed by atoms with Crippen LogP contribution in [0.2, 0.25) is 14.2 Å². The van der Waals surface area contributed by atoms with E-state index in [4.69, 9.17) is 0 Å². The Balaban J connectivity index is -0.0000000720. The summed E-state index contributed by atoms with van der Waals surface area (Å²) in [7, 11) is 0. The van der Waals surface area contributed by atoms with Crippen LogP contribution in [0.1, 0.15) is 41.5 Å². The Bertz CT molecular complexity index is 111. The maximum absolute atomic E-state index is 2.38. The maximum Gasteiger partial charge on any atom is 0 e. The van der Waals surface area contributed by atoms with E-state index in [1.165, 1.54) is 0 Å². The average molecular weight is 754 g/mol. The number of halogens is 4. The molecule has 0 amide bonds. The van der Waals surface area contributed by atoms with Crippen LogP contribution in [0, 0.1) is 17.8 Å². The maximum atomic E-state index is 2.38. The van der Waals surface area contributed by atoms with Gasteiger partial charge in [0.05, 0.1) is 0 Å². The van der Waals surface area contributed by atoms with Gasteiger partial charge in [0.2, 0.25) is 0 Å². The minimum absolute atomic E-state index is 0. The minimum Gasteiger partial charge on any atom is -1.00 e. The molecule has 0 N–H and O–H groups in total. The molecule has 0 spiro atoms. The van der Waals surface area contributed by atoms with Crippen LogP contribution in [-0.4, -0.2) is 17.4 Å². The minimum atomic E-state index is -0.681. The zero-order chi connectivity index (χ0) is 10.4. The molecule has 0 aliphatic heterocycles. The average Bonchev–Trinajstić information content (AvgIpc) is 1.80. The van der Waals surface area contributed by atoms with Gasteiger partial charge in [0.1, 0.15) is 0 Å². The van der Waals surface area contributed by atoms with Gasteiger partial charge >= 0.3 is 91.3 Å². The molecule has 0 aliphatic rings. The van der Waals surface area contributed by atoms with E-state index >= 15 is 0 Å². The third-order valence-electron chi connectivity index (χ3n) is 2.09. The Hall–Kier alpha value is 4.17. The molecule has 0 aromatic rings. The first-order valence-electron chi connectivity index (χ1n) is 5.75. The van der Waals surface area contributed by atoms with E-state index in [1.807, 2.05) is 0 Å². The van der Waals surface area contributed by atoms with Gasteiger partial charge in [-0.15, -0.1) is 0 Å². The second-order valence-corrected chi connectivity index (χ2v) is 9.80. The van der Waals surface area contributed by atoms with Crippen LogP contribution in [0.4, 0.5) is 0 Å². The molecule has 0 atom stereocenters. The summed E-state index contributed by atoms with van der Waals surface area (Å²) in [6, 6.07) is 0. The summed E-state index contributed by atoms with van der Waals surface area (Å²) in [6.07, 6.45) is 0. The van der Waals surface area contributed by atoms with E-state index in [0.717, 1.165) is 17.8 Å². The van der Waals surface area contributed by atoms with E-state index in [2.05, 4.69) is 41.5 Å². The molecule has 6 heteroatoms. The van der Waals surface area contributed by atoms with Crippen molar-refractivity contribution < 1.29 is 114 Å². The number of hydrogen-bond donors (Lipinski definition) is 0. The van der Waals surface area contributed by atoms with Gasteiger partial charge in [-0.3, -0.25) is 0 Å². The van der Waals surface area contributed by atoms with Gasteiger partial charge in [-0.1, -0.05) is 0 Å². The Kier molecular flexibility index (Phi) is 49.5. The molecule has 110 valence electrons. The molecule has 0 aliphatic carbocycles. The van der Waals surface area contributed by atoms with E-state index < -0.39 is 17.9 Å². The Morgan fingerprint density at radius 3 is 0.833 bits per heavy atom. The van der Waals surface area contributed by atoms with Crippen molar-refractivity contribution in [1.82, 2.24) is 0 Å². The van der Waals surface area contributed by atoms with E-state index in [-0.39, 0.29) is 113 Å². The first kappa shape index (κ1) is 38.0. The normalized spacial score (nSPS) is 8.00. The van der Waals surface area contributed by atoms with Crippen LogP contribution >= 0.6 is 0 Å². The third kappa shape index (κ3) is 28.3. The summed E-state index contributed by atoms with van der Waals surface area (Å²) in [5.41, 5.74) is 0. The zero-order valence-electron chi connectivity index (χ0n) is 12.4. The second-order valence-electron chi connectivity index (χ2n) is 5.54. The molecule has 0 rings (SSSR count). The number of hydrogen-bond acceptors (Lipinski definition) is 0. The second kappa shape index (κ2) is 23.4. The first-order valence-corrected chi connectivity index (χ1v) is 9.06. The van der Waals surface area contributed by atoms with Crippen molar-refractivity contribution in [2.75, 3.05) is 0 Å². The van der Waals surface area contributed by atoms with Crippen LogP contribution in [0.25, 0.3) is 0 Å². The smallest absolute Gasteiger partial charge is 0 e. The van der Waals surface area contributed by atoms with Crippen molar-refractivity contribution in [1.29, 1.82) is 0 Å². The van der Waals surface area contributed by atoms with Gasteiger partial charge in [0, 0.05) is 17.4 Å². The van der Waals surface area contributed by atoms with Crippen molar-refractivity contribution in [3.63, 3.8) is 0 Å². The van der Waals surface area contributed by atoms with Gasteiger partial charge < -0.3 is 95.9 Å². The van der Waals surface area contributed by atoms with Crippen molar-refractivity contribution in [2.45, 2.75) is 55.7 Å². The van der Waals surface area contributed by atoms with Gasteiger partial charge in [-0.2, -0.15) is 0 Å². The zero-order valence-corrected chi connectivity index (χ0v) is 23.8. The molecular formula is C12H27AlI4Ti. The van der Waals surface area contributed by atoms with E-state index in [9.17, 15) is 0 Å². The Labute approximate surface area is 201 Å². The summed E-state index contributed by atoms with van der Waals surface area (Å²) >= 11 is -0.681. The van der Waals surface area contributed by atoms with E-state index in [0.29, 0.717) is 0 Å². The largest absolute Gasteiger partial charge is 1.00 e. The topological polar surface area (TPSA) is 0 Å². The Morgan fingerprint density at radius 2 is 0.722 bits per heavy atom. The summed E-state index contributed by atoms with van der Waals surface area (Å²) in [5, 5.41) is 0. The summed E-state index contributed by atoms with van der Waals surface area (Å²) < 4.78 is 4.74. The van der Waals surface area contributed by atoms with Gasteiger partial charge in [0.25, 0.3) is 0 Å². The van der Waals surface area contributed by atoms with Crippen molar-refractivity contribution >= 4 is 17.4 Å². The molecule has 0 heterocycles. The molecule has 0 aromatic heterocycles. The van der Waals surface area contributed by atoms with Gasteiger partial charge in [-0.25, -0.2) is 0 Å². The van der Waals surface area contributed by atoms with Crippen LogP contribution < -0.4 is 95.9 Å². The van der Waals surface area contributed by atoms with Crippen LogP contribution in [-0.2, 0) is 17.9 Å². The molecule has 0 fully saturated rings. The summed E-state index contributed by atoms with van der Waals surface area (Å²) in [4.78, 5) is 0. The van der Waals surface area contributed by atoms with Crippen LogP contribution in [0.3, 0.4) is 0 Å². The molecular weight excluding hydrogens is 727 g/mol. The van der Waals surface area contributed by atoms with Crippen LogP contribution in [0.15, 0.2) is 0 Å². The SMILES string of the molecule is CC(C)[CH2][Ti+4]([CH2]C(C)C)[CH2]C(C)C.[Al].[I-].[I-].[I-].[I-]. The predicted molar refractivity (Wildman–Crippen MR) is 64.7 cm³/mol. The molecule has 0 saturated heterocycles.